The van der Waals surface area contributed by atoms with Crippen molar-refractivity contribution in [3.63, 3.8) is 0 Å². The number of rotatable bonds is 3. The molecular weight excluding hydrogens is 288 g/mol. The number of fused-ring (bicyclic) bond motifs is 3. The largest absolute Gasteiger partial charge is 0.361 e. The Bertz CT molecular complexity index is 904. The second-order valence-corrected chi connectivity index (χ2v) is 5.90. The Balaban J connectivity index is 1.86. The minimum atomic E-state index is 0.719. The van der Waals surface area contributed by atoms with Crippen molar-refractivity contribution in [2.45, 2.75) is 33.1 Å². The summed E-state index contributed by atoms with van der Waals surface area (Å²) < 4.78 is 7.28. The van der Waals surface area contributed by atoms with Gasteiger partial charge < -0.3 is 4.52 Å². The van der Waals surface area contributed by atoms with Crippen LogP contribution in [-0.2, 0) is 12.8 Å². The van der Waals surface area contributed by atoms with Gasteiger partial charge in [0, 0.05) is 12.5 Å². The maximum Gasteiger partial charge on any atom is 0.190 e. The number of nitrogens with zero attached hydrogens (tertiary/aromatic N) is 4. The molecule has 0 unspecified atom stereocenters. The van der Waals surface area contributed by atoms with Gasteiger partial charge in [-0.05, 0) is 48.6 Å². The quantitative estimate of drug-likeness (QED) is 0.739. The third kappa shape index (κ3) is 2.20. The first-order valence-electron chi connectivity index (χ1n) is 7.87. The van der Waals surface area contributed by atoms with Gasteiger partial charge in [0.25, 0.3) is 0 Å². The van der Waals surface area contributed by atoms with Crippen molar-refractivity contribution in [2.75, 3.05) is 0 Å². The Morgan fingerprint density at radius 1 is 1.26 bits per heavy atom. The van der Waals surface area contributed by atoms with Gasteiger partial charge in [0.15, 0.2) is 11.5 Å². The van der Waals surface area contributed by atoms with E-state index in [2.05, 4.69) is 51.6 Å². The van der Waals surface area contributed by atoms with Crippen molar-refractivity contribution < 1.29 is 4.52 Å². The summed E-state index contributed by atoms with van der Waals surface area (Å²) >= 11 is 0. The van der Waals surface area contributed by atoms with E-state index >= 15 is 0 Å². The number of aromatic nitrogens is 4. The molecule has 0 spiro atoms. The lowest BCUT2D eigenvalue weighted by Crippen LogP contribution is -2.13. The third-order valence-corrected chi connectivity index (χ3v) is 4.36. The Morgan fingerprint density at radius 2 is 2.13 bits per heavy atom. The van der Waals surface area contributed by atoms with E-state index in [4.69, 9.17) is 4.52 Å². The minimum Gasteiger partial charge on any atom is -0.361 e. The monoisotopic (exact) mass is 306 g/mol. The standard InChI is InChI=1S/C18H18N4O/c1-4-11(2)13-5-7-16-14(10-13)6-8-17-19-20-18(22(16)17)15-9-12(3)23-21-15/h5,7,9-10H,2,4,6,8H2,1,3H3. The molecule has 23 heavy (non-hydrogen) atoms. The van der Waals surface area contributed by atoms with Crippen LogP contribution in [0.15, 0.2) is 35.4 Å². The van der Waals surface area contributed by atoms with Crippen LogP contribution in [-0.4, -0.2) is 19.9 Å². The Hall–Kier alpha value is -2.69. The maximum atomic E-state index is 5.19. The number of aryl methyl sites for hydroxylation is 3. The molecule has 3 aromatic rings. The van der Waals surface area contributed by atoms with Crippen LogP contribution >= 0.6 is 0 Å². The number of hydrogen-bond donors (Lipinski definition) is 0. The smallest absolute Gasteiger partial charge is 0.190 e. The van der Waals surface area contributed by atoms with E-state index in [-0.39, 0.29) is 0 Å². The summed E-state index contributed by atoms with van der Waals surface area (Å²) in [5.41, 5.74) is 5.51. The van der Waals surface area contributed by atoms with E-state index in [0.717, 1.165) is 53.6 Å². The summed E-state index contributed by atoms with van der Waals surface area (Å²) in [5.74, 6) is 2.47. The average Bonchev–Trinajstić information content (AvgIpc) is 3.19. The highest BCUT2D eigenvalue weighted by Crippen LogP contribution is 2.31. The second kappa shape index (κ2) is 5.19. The molecule has 0 radical (unpaired) electrons. The highest BCUT2D eigenvalue weighted by Gasteiger charge is 2.24. The topological polar surface area (TPSA) is 56.7 Å². The number of hydrogen-bond acceptors (Lipinski definition) is 4. The second-order valence-electron chi connectivity index (χ2n) is 5.90. The van der Waals surface area contributed by atoms with Crippen LogP contribution in [0, 0.1) is 6.92 Å². The molecule has 0 atom stereocenters. The predicted molar refractivity (Wildman–Crippen MR) is 88.3 cm³/mol. The van der Waals surface area contributed by atoms with Crippen LogP contribution < -0.4 is 0 Å². The molecular formula is C18H18N4O. The summed E-state index contributed by atoms with van der Waals surface area (Å²) in [5, 5.41) is 12.7. The molecule has 0 bridgehead atoms. The fourth-order valence-corrected chi connectivity index (χ4v) is 3.04. The van der Waals surface area contributed by atoms with Crippen LogP contribution in [0.25, 0.3) is 22.8 Å². The lowest BCUT2D eigenvalue weighted by molar-refractivity contribution is 0.399. The Labute approximate surface area is 134 Å². The highest BCUT2D eigenvalue weighted by molar-refractivity contribution is 5.67. The highest BCUT2D eigenvalue weighted by atomic mass is 16.5. The third-order valence-electron chi connectivity index (χ3n) is 4.36. The van der Waals surface area contributed by atoms with Gasteiger partial charge in [-0.3, -0.25) is 4.57 Å². The van der Waals surface area contributed by atoms with Crippen LogP contribution in [0.4, 0.5) is 0 Å². The lowest BCUT2D eigenvalue weighted by Gasteiger charge is -2.20. The lowest BCUT2D eigenvalue weighted by atomic mass is 9.96. The van der Waals surface area contributed by atoms with Gasteiger partial charge in [-0.25, -0.2) is 0 Å². The molecule has 2 aromatic heterocycles. The van der Waals surface area contributed by atoms with Gasteiger partial charge in [-0.2, -0.15) is 0 Å². The first-order chi connectivity index (χ1) is 11.2. The summed E-state index contributed by atoms with van der Waals surface area (Å²) in [4.78, 5) is 0. The molecule has 0 fully saturated rings. The van der Waals surface area contributed by atoms with Crippen LogP contribution in [0.2, 0.25) is 0 Å². The van der Waals surface area contributed by atoms with Gasteiger partial charge >= 0.3 is 0 Å². The van der Waals surface area contributed by atoms with Gasteiger partial charge in [0.2, 0.25) is 0 Å². The van der Waals surface area contributed by atoms with E-state index in [9.17, 15) is 0 Å². The summed E-state index contributed by atoms with van der Waals surface area (Å²) in [6, 6.07) is 8.38. The van der Waals surface area contributed by atoms with Crippen molar-refractivity contribution in [3.05, 3.63) is 53.6 Å². The number of benzene rings is 1. The van der Waals surface area contributed by atoms with Crippen molar-refractivity contribution >= 4 is 5.57 Å². The molecule has 5 heteroatoms. The van der Waals surface area contributed by atoms with Crippen LogP contribution in [0.3, 0.4) is 0 Å². The van der Waals surface area contributed by atoms with Gasteiger partial charge in [-0.1, -0.05) is 24.7 Å². The molecule has 0 saturated carbocycles. The van der Waals surface area contributed by atoms with Crippen molar-refractivity contribution in [2.24, 2.45) is 0 Å². The zero-order valence-electron chi connectivity index (χ0n) is 13.3. The predicted octanol–water partition coefficient (Wildman–Crippen LogP) is 3.75. The molecule has 0 aliphatic carbocycles. The molecule has 116 valence electrons. The molecule has 5 nitrogen and oxygen atoms in total. The zero-order valence-corrected chi connectivity index (χ0v) is 13.3. The fraction of sp³-hybridized carbons (Fsp3) is 0.278. The molecule has 1 aliphatic heterocycles. The summed E-state index contributed by atoms with van der Waals surface area (Å²) in [6.45, 7) is 8.15. The van der Waals surface area contributed by atoms with Gasteiger partial charge in [0.1, 0.15) is 11.6 Å². The number of allylic oxidation sites excluding steroid dienone is 1. The average molecular weight is 306 g/mol. The van der Waals surface area contributed by atoms with E-state index in [1.807, 2.05) is 13.0 Å². The van der Waals surface area contributed by atoms with E-state index < -0.39 is 0 Å². The Kier molecular flexibility index (Phi) is 3.15. The van der Waals surface area contributed by atoms with Crippen LogP contribution in [0.1, 0.15) is 36.1 Å². The molecule has 1 aromatic carbocycles. The Morgan fingerprint density at radius 3 is 2.87 bits per heavy atom. The van der Waals surface area contributed by atoms with Gasteiger partial charge in [-0.15, -0.1) is 10.2 Å². The summed E-state index contributed by atoms with van der Waals surface area (Å²) in [6.07, 6.45) is 2.80. The molecule has 1 aliphatic rings. The van der Waals surface area contributed by atoms with E-state index in [1.165, 1.54) is 11.1 Å². The maximum absolute atomic E-state index is 5.19. The first kappa shape index (κ1) is 13.9. The van der Waals surface area contributed by atoms with E-state index in [1.54, 1.807) is 0 Å². The van der Waals surface area contributed by atoms with E-state index in [0.29, 0.717) is 0 Å². The van der Waals surface area contributed by atoms with Crippen molar-refractivity contribution in [1.29, 1.82) is 0 Å². The van der Waals surface area contributed by atoms with Crippen molar-refractivity contribution in [3.8, 4) is 17.2 Å². The first-order valence-corrected chi connectivity index (χ1v) is 7.87. The molecule has 0 N–H and O–H groups in total. The van der Waals surface area contributed by atoms with Gasteiger partial charge in [0.05, 0.1) is 5.69 Å². The SMILES string of the molecule is C=C(CC)c1ccc2c(c1)CCc1nnc(-c3cc(C)on3)n1-2. The normalized spacial score (nSPS) is 12.8. The minimum absolute atomic E-state index is 0.719. The summed E-state index contributed by atoms with van der Waals surface area (Å²) in [7, 11) is 0. The molecule has 4 rings (SSSR count). The molecule has 0 saturated heterocycles. The van der Waals surface area contributed by atoms with Crippen LogP contribution in [0.5, 0.6) is 0 Å². The fourth-order valence-electron chi connectivity index (χ4n) is 3.04. The van der Waals surface area contributed by atoms with Crippen molar-refractivity contribution in [1.82, 2.24) is 19.9 Å². The molecule has 0 amide bonds. The molecule has 3 heterocycles. The zero-order chi connectivity index (χ0) is 16.0.